The second-order valence-electron chi connectivity index (χ2n) is 15.7. The standard InChI is InChI=1S/C45H51F3N2O4S/c1-30-10-8-22-43(3)40(38-19-17-32(26-36(51)18-16-30)27-39(38)41(52)34-13-7-14-35(28-34)45(46,47)48)20-23-44(43,54)29-50(24-21-37-15-9-25-55-37)42(53)49-31(2)33-11-5-4-6-12-33/h4-7,9-15,17,19,25,27-28,31,36,40,51,54H,8,16,18,20-24,26,29H2,1-3H3,(H,49,53). The Hall–Kier alpha value is -4.25. The quantitative estimate of drug-likeness (QED) is 0.117. The number of nitrogens with zero attached hydrogens (tertiary/aromatic N) is 1. The van der Waals surface area contributed by atoms with Crippen LogP contribution in [0, 0.1) is 5.41 Å². The van der Waals surface area contributed by atoms with Gasteiger partial charge in [0.15, 0.2) is 5.78 Å². The van der Waals surface area contributed by atoms with Crippen LogP contribution in [0.25, 0.3) is 0 Å². The molecule has 1 aromatic heterocycles. The average molecular weight is 773 g/mol. The van der Waals surface area contributed by atoms with Crippen LogP contribution in [0.2, 0.25) is 0 Å². The molecule has 1 heterocycles. The van der Waals surface area contributed by atoms with Crippen molar-refractivity contribution in [3.05, 3.63) is 140 Å². The summed E-state index contributed by atoms with van der Waals surface area (Å²) in [5, 5.41) is 29.1. The van der Waals surface area contributed by atoms with E-state index in [1.54, 1.807) is 22.3 Å². The fourth-order valence-electron chi connectivity index (χ4n) is 8.56. The van der Waals surface area contributed by atoms with Gasteiger partial charge < -0.3 is 20.4 Å². The molecular formula is C45H51F3N2O4S. The SMILES string of the molecule is CC1=CCCC2(C)C(CCC2(O)CN(CCc2cccs2)C(=O)NC(C)c2ccccc2)c2ccc(cc2C(=O)c2cccc(C(F)(F)F)c2)CC(O)CC1. The molecule has 2 bridgehead atoms. The molecule has 3 N–H and O–H groups in total. The third-order valence-electron chi connectivity index (χ3n) is 12.0. The molecule has 3 aliphatic carbocycles. The predicted octanol–water partition coefficient (Wildman–Crippen LogP) is 10.1. The molecule has 1 fully saturated rings. The lowest BCUT2D eigenvalue weighted by molar-refractivity contribution is -0.137. The lowest BCUT2D eigenvalue weighted by Crippen LogP contribution is -2.56. The summed E-state index contributed by atoms with van der Waals surface area (Å²) >= 11 is 1.62. The van der Waals surface area contributed by atoms with Gasteiger partial charge in [0.25, 0.3) is 0 Å². The summed E-state index contributed by atoms with van der Waals surface area (Å²) < 4.78 is 41.4. The number of alkyl halides is 3. The molecule has 7 rings (SSSR count). The summed E-state index contributed by atoms with van der Waals surface area (Å²) in [6.07, 6.45) is 0.982. The van der Waals surface area contributed by atoms with Gasteiger partial charge in [-0.1, -0.05) is 79.2 Å². The van der Waals surface area contributed by atoms with Crippen molar-refractivity contribution in [2.24, 2.45) is 5.41 Å². The molecule has 0 aliphatic heterocycles. The van der Waals surface area contributed by atoms with E-state index in [0.717, 1.165) is 28.1 Å². The Morgan fingerprint density at radius 2 is 1.78 bits per heavy atom. The van der Waals surface area contributed by atoms with Gasteiger partial charge in [-0.2, -0.15) is 13.2 Å². The molecule has 3 aromatic carbocycles. The smallest absolute Gasteiger partial charge is 0.393 e. The number of ketones is 1. The van der Waals surface area contributed by atoms with Crippen LogP contribution >= 0.6 is 11.3 Å². The molecule has 10 heteroatoms. The highest BCUT2D eigenvalue weighted by molar-refractivity contribution is 7.09. The molecule has 3 aliphatic rings. The first-order valence-corrected chi connectivity index (χ1v) is 20.1. The lowest BCUT2D eigenvalue weighted by atomic mass is 9.64. The van der Waals surface area contributed by atoms with Crippen molar-refractivity contribution < 1.29 is 33.0 Å². The van der Waals surface area contributed by atoms with Gasteiger partial charge in [-0.05, 0) is 117 Å². The number of amides is 2. The van der Waals surface area contributed by atoms with Crippen molar-refractivity contribution in [3.8, 4) is 0 Å². The van der Waals surface area contributed by atoms with Crippen LogP contribution in [0.4, 0.5) is 18.0 Å². The van der Waals surface area contributed by atoms with E-state index >= 15 is 0 Å². The molecule has 0 radical (unpaired) electrons. The number of hydrogen-bond acceptors (Lipinski definition) is 5. The average Bonchev–Trinajstić information content (AvgIpc) is 3.77. The lowest BCUT2D eigenvalue weighted by Gasteiger charge is -2.46. The summed E-state index contributed by atoms with van der Waals surface area (Å²) in [5.74, 6) is -0.895. The van der Waals surface area contributed by atoms with Crippen LogP contribution in [0.5, 0.6) is 0 Å². The largest absolute Gasteiger partial charge is 0.416 e. The zero-order valence-corrected chi connectivity index (χ0v) is 32.6. The first kappa shape index (κ1) is 40.4. The number of halogens is 3. The molecule has 5 unspecified atom stereocenters. The third kappa shape index (κ3) is 9.25. The monoisotopic (exact) mass is 772 g/mol. The van der Waals surface area contributed by atoms with E-state index in [4.69, 9.17) is 0 Å². The van der Waals surface area contributed by atoms with Crippen LogP contribution < -0.4 is 5.32 Å². The Kier molecular flexibility index (Phi) is 12.4. The Balaban J connectivity index is 1.40. The number of benzene rings is 3. The number of allylic oxidation sites excluding steroid dienone is 2. The molecule has 292 valence electrons. The Bertz CT molecular complexity index is 1980. The Morgan fingerprint density at radius 3 is 2.51 bits per heavy atom. The second-order valence-corrected chi connectivity index (χ2v) is 16.7. The molecule has 4 aromatic rings. The second kappa shape index (κ2) is 16.9. The van der Waals surface area contributed by atoms with Crippen molar-refractivity contribution in [1.82, 2.24) is 10.2 Å². The van der Waals surface area contributed by atoms with Crippen LogP contribution in [-0.2, 0) is 19.0 Å². The van der Waals surface area contributed by atoms with Gasteiger partial charge in [-0.25, -0.2) is 4.79 Å². The summed E-state index contributed by atoms with van der Waals surface area (Å²) in [7, 11) is 0. The van der Waals surface area contributed by atoms with E-state index in [-0.39, 0.29) is 42.1 Å². The summed E-state index contributed by atoms with van der Waals surface area (Å²) in [4.78, 5) is 31.4. The van der Waals surface area contributed by atoms with Crippen molar-refractivity contribution in [1.29, 1.82) is 0 Å². The molecule has 0 saturated heterocycles. The minimum Gasteiger partial charge on any atom is -0.393 e. The number of urea groups is 1. The maximum Gasteiger partial charge on any atom is 0.416 e. The number of thiophene rings is 1. The first-order chi connectivity index (χ1) is 26.2. The molecule has 5 atom stereocenters. The number of carbonyl (C=O) groups excluding carboxylic acids is 2. The van der Waals surface area contributed by atoms with Crippen LogP contribution in [0.1, 0.15) is 114 Å². The summed E-state index contributed by atoms with van der Waals surface area (Å²) in [6.45, 7) is 6.46. The van der Waals surface area contributed by atoms with Crippen molar-refractivity contribution in [3.63, 3.8) is 0 Å². The van der Waals surface area contributed by atoms with Crippen LogP contribution in [0.15, 0.2) is 102 Å². The maximum absolute atomic E-state index is 14.4. The van der Waals surface area contributed by atoms with E-state index in [2.05, 4.69) is 11.4 Å². The van der Waals surface area contributed by atoms with Crippen LogP contribution in [0.3, 0.4) is 0 Å². The van der Waals surface area contributed by atoms with Crippen molar-refractivity contribution >= 4 is 23.2 Å². The predicted molar refractivity (Wildman–Crippen MR) is 211 cm³/mol. The molecule has 0 spiro atoms. The fraction of sp³-hybridized carbons (Fsp3) is 0.422. The molecular weight excluding hydrogens is 722 g/mol. The van der Waals surface area contributed by atoms with E-state index in [1.165, 1.54) is 12.1 Å². The van der Waals surface area contributed by atoms with E-state index < -0.39 is 34.6 Å². The van der Waals surface area contributed by atoms with Gasteiger partial charge in [0.1, 0.15) is 0 Å². The molecule has 2 amide bonds. The number of carbonyl (C=O) groups is 2. The highest BCUT2D eigenvalue weighted by Gasteiger charge is 2.57. The van der Waals surface area contributed by atoms with Crippen molar-refractivity contribution in [2.75, 3.05) is 13.1 Å². The Labute approximate surface area is 326 Å². The number of rotatable bonds is 9. The van der Waals surface area contributed by atoms with Gasteiger partial charge in [-0.15, -0.1) is 11.3 Å². The number of aliphatic hydroxyl groups excluding tert-OH is 1. The van der Waals surface area contributed by atoms with Crippen LogP contribution in [-0.4, -0.2) is 51.7 Å². The zero-order chi connectivity index (χ0) is 39.4. The number of fused-ring (bicyclic) bond motifs is 8. The topological polar surface area (TPSA) is 89.9 Å². The van der Waals surface area contributed by atoms with Gasteiger partial charge >= 0.3 is 12.2 Å². The van der Waals surface area contributed by atoms with Gasteiger partial charge in [0, 0.05) is 28.0 Å². The molecule has 6 nitrogen and oxygen atoms in total. The van der Waals surface area contributed by atoms with Gasteiger partial charge in [-0.3, -0.25) is 4.79 Å². The number of nitrogens with one attached hydrogen (secondary N) is 1. The number of hydrogen-bond donors (Lipinski definition) is 3. The van der Waals surface area contributed by atoms with Gasteiger partial charge in [0.2, 0.25) is 0 Å². The zero-order valence-electron chi connectivity index (χ0n) is 31.7. The maximum atomic E-state index is 14.4. The molecule has 1 saturated carbocycles. The van der Waals surface area contributed by atoms with E-state index in [1.807, 2.05) is 80.7 Å². The van der Waals surface area contributed by atoms with E-state index in [0.29, 0.717) is 62.6 Å². The normalized spacial score (nSPS) is 23.7. The summed E-state index contributed by atoms with van der Waals surface area (Å²) in [6, 6.07) is 23.1. The highest BCUT2D eigenvalue weighted by atomic mass is 32.1. The third-order valence-corrected chi connectivity index (χ3v) is 12.9. The Morgan fingerprint density at radius 1 is 1.00 bits per heavy atom. The minimum atomic E-state index is -4.62. The van der Waals surface area contributed by atoms with Crippen molar-refractivity contribution in [2.45, 2.75) is 102 Å². The summed E-state index contributed by atoms with van der Waals surface area (Å²) in [5.41, 5.74) is 0.549. The van der Waals surface area contributed by atoms with Gasteiger partial charge in [0.05, 0.1) is 29.9 Å². The van der Waals surface area contributed by atoms with E-state index in [9.17, 15) is 33.0 Å². The molecule has 55 heavy (non-hydrogen) atoms. The highest BCUT2D eigenvalue weighted by Crippen LogP contribution is 2.59. The fourth-order valence-corrected chi connectivity index (χ4v) is 9.26. The first-order valence-electron chi connectivity index (χ1n) is 19.2. The number of aliphatic hydroxyl groups is 2. The minimum absolute atomic E-state index is 0.0581.